The molecule has 2 heterocycles. The van der Waals surface area contributed by atoms with Gasteiger partial charge < -0.3 is 9.47 Å². The standard InChI is InChI=1S/C19H20N4O3S/c1-11-5-8-18(27-11)14-10-15(22-21-14)19(24)23-20-12(2)13-6-7-16(25-3)17(9-13)26-4/h5-10,20H,2H2,1,3-4H3,(H,21,22)(H,23,24). The summed E-state index contributed by atoms with van der Waals surface area (Å²) in [6.45, 7) is 5.96. The zero-order chi connectivity index (χ0) is 19.4. The highest BCUT2D eigenvalue weighted by atomic mass is 32.1. The molecule has 1 amide bonds. The summed E-state index contributed by atoms with van der Waals surface area (Å²) >= 11 is 1.63. The maximum Gasteiger partial charge on any atom is 0.290 e. The van der Waals surface area contributed by atoms with Crippen LogP contribution in [0.15, 0.2) is 43.0 Å². The van der Waals surface area contributed by atoms with Gasteiger partial charge in [-0.2, -0.15) is 5.10 Å². The second-order valence-corrected chi connectivity index (χ2v) is 6.99. The van der Waals surface area contributed by atoms with Crippen molar-refractivity contribution in [3.05, 3.63) is 59.1 Å². The van der Waals surface area contributed by atoms with E-state index >= 15 is 0 Å². The number of methoxy groups -OCH3 is 2. The molecule has 3 aromatic rings. The lowest BCUT2D eigenvalue weighted by atomic mass is 10.1. The van der Waals surface area contributed by atoms with E-state index in [0.29, 0.717) is 17.2 Å². The minimum Gasteiger partial charge on any atom is -0.493 e. The number of thiophene rings is 1. The van der Waals surface area contributed by atoms with E-state index in [1.54, 1.807) is 43.8 Å². The molecule has 0 bridgehead atoms. The maximum absolute atomic E-state index is 12.3. The zero-order valence-corrected chi connectivity index (χ0v) is 16.1. The van der Waals surface area contributed by atoms with Crippen LogP contribution in [0.1, 0.15) is 20.9 Å². The van der Waals surface area contributed by atoms with Gasteiger partial charge in [0.15, 0.2) is 17.2 Å². The smallest absolute Gasteiger partial charge is 0.290 e. The van der Waals surface area contributed by atoms with Gasteiger partial charge in [0.25, 0.3) is 5.91 Å². The van der Waals surface area contributed by atoms with Crippen LogP contribution in [0.25, 0.3) is 16.3 Å². The van der Waals surface area contributed by atoms with Crippen molar-refractivity contribution in [2.75, 3.05) is 14.2 Å². The largest absolute Gasteiger partial charge is 0.493 e. The number of aromatic amines is 1. The molecule has 0 unspecified atom stereocenters. The molecule has 0 spiro atoms. The lowest BCUT2D eigenvalue weighted by molar-refractivity contribution is 0.0937. The van der Waals surface area contributed by atoms with Crippen LogP contribution in [-0.4, -0.2) is 30.3 Å². The Morgan fingerprint density at radius 3 is 2.56 bits per heavy atom. The molecule has 3 rings (SSSR count). The van der Waals surface area contributed by atoms with Crippen LogP contribution in [0.4, 0.5) is 0 Å². The minimum atomic E-state index is -0.368. The van der Waals surface area contributed by atoms with Gasteiger partial charge in [0, 0.05) is 10.4 Å². The van der Waals surface area contributed by atoms with Gasteiger partial charge in [0.1, 0.15) is 0 Å². The number of aromatic nitrogens is 2. The van der Waals surface area contributed by atoms with Crippen LogP contribution in [0.5, 0.6) is 11.5 Å². The quantitative estimate of drug-likeness (QED) is 0.544. The van der Waals surface area contributed by atoms with Crippen LogP contribution < -0.4 is 20.3 Å². The maximum atomic E-state index is 12.3. The number of carbonyl (C=O) groups is 1. The Balaban J connectivity index is 1.64. The van der Waals surface area contributed by atoms with Crippen molar-refractivity contribution in [2.24, 2.45) is 0 Å². The molecule has 8 heteroatoms. The molecule has 0 fully saturated rings. The molecule has 0 radical (unpaired) electrons. The van der Waals surface area contributed by atoms with E-state index in [1.165, 1.54) is 4.88 Å². The van der Waals surface area contributed by atoms with Gasteiger partial charge >= 0.3 is 0 Å². The molecular formula is C19H20N4O3S. The predicted octanol–water partition coefficient (Wildman–Crippen LogP) is 3.37. The molecule has 0 aliphatic rings. The van der Waals surface area contributed by atoms with Crippen molar-refractivity contribution in [3.8, 4) is 22.1 Å². The highest BCUT2D eigenvalue weighted by Crippen LogP contribution is 2.29. The van der Waals surface area contributed by atoms with Crippen molar-refractivity contribution < 1.29 is 14.3 Å². The van der Waals surface area contributed by atoms with Gasteiger partial charge in [0.2, 0.25) is 0 Å². The van der Waals surface area contributed by atoms with Gasteiger partial charge in [-0.25, -0.2) is 0 Å². The summed E-state index contributed by atoms with van der Waals surface area (Å²) in [6.07, 6.45) is 0. The average molecular weight is 384 g/mol. The zero-order valence-electron chi connectivity index (χ0n) is 15.3. The number of hydrazine groups is 1. The van der Waals surface area contributed by atoms with E-state index < -0.39 is 0 Å². The van der Waals surface area contributed by atoms with E-state index in [1.807, 2.05) is 25.1 Å². The van der Waals surface area contributed by atoms with Crippen molar-refractivity contribution in [2.45, 2.75) is 6.92 Å². The highest BCUT2D eigenvalue weighted by molar-refractivity contribution is 7.15. The lowest BCUT2D eigenvalue weighted by Crippen LogP contribution is -2.36. The predicted molar refractivity (Wildman–Crippen MR) is 106 cm³/mol. The van der Waals surface area contributed by atoms with Crippen LogP contribution in [0, 0.1) is 6.92 Å². The first-order chi connectivity index (χ1) is 13.0. The summed E-state index contributed by atoms with van der Waals surface area (Å²) in [5.74, 6) is 0.825. The van der Waals surface area contributed by atoms with E-state index in [4.69, 9.17) is 9.47 Å². The van der Waals surface area contributed by atoms with Crippen LogP contribution in [0.2, 0.25) is 0 Å². The molecule has 1 aromatic carbocycles. The Morgan fingerprint density at radius 1 is 1.11 bits per heavy atom. The second kappa shape index (κ2) is 7.96. The number of carbonyl (C=O) groups excluding carboxylic acids is 1. The summed E-state index contributed by atoms with van der Waals surface area (Å²) < 4.78 is 10.5. The summed E-state index contributed by atoms with van der Waals surface area (Å²) in [6, 6.07) is 11.1. The summed E-state index contributed by atoms with van der Waals surface area (Å²) in [5.41, 5.74) is 7.74. The van der Waals surface area contributed by atoms with E-state index in [2.05, 4.69) is 27.6 Å². The molecule has 3 N–H and O–H groups in total. The molecule has 0 atom stereocenters. The summed E-state index contributed by atoms with van der Waals surface area (Å²) in [4.78, 5) is 14.5. The molecular weight excluding hydrogens is 364 g/mol. The number of aryl methyl sites for hydroxylation is 1. The van der Waals surface area contributed by atoms with Crippen LogP contribution in [0.3, 0.4) is 0 Å². The number of benzene rings is 1. The van der Waals surface area contributed by atoms with Crippen molar-refractivity contribution >= 4 is 22.9 Å². The Hall–Kier alpha value is -3.26. The molecule has 0 aliphatic heterocycles. The molecule has 2 aromatic heterocycles. The minimum absolute atomic E-state index is 0.281. The number of H-pyrrole nitrogens is 1. The third-order valence-electron chi connectivity index (χ3n) is 3.88. The number of amides is 1. The normalized spacial score (nSPS) is 10.3. The molecule has 27 heavy (non-hydrogen) atoms. The Labute approximate surface area is 161 Å². The highest BCUT2D eigenvalue weighted by Gasteiger charge is 2.13. The van der Waals surface area contributed by atoms with Crippen LogP contribution >= 0.6 is 11.3 Å². The SMILES string of the molecule is C=C(NNC(=O)c1cc(-c2ccc(C)s2)[nH]n1)c1ccc(OC)c(OC)c1. The topological polar surface area (TPSA) is 88.3 Å². The number of rotatable bonds is 7. The van der Waals surface area contributed by atoms with E-state index in [9.17, 15) is 4.79 Å². The number of nitrogens with zero attached hydrogens (tertiary/aromatic N) is 1. The molecule has 0 aliphatic carbocycles. The van der Waals surface area contributed by atoms with Gasteiger partial charge in [-0.3, -0.25) is 20.7 Å². The van der Waals surface area contributed by atoms with Gasteiger partial charge in [-0.05, 0) is 43.3 Å². The number of ether oxygens (including phenoxy) is 2. The fourth-order valence-electron chi connectivity index (χ4n) is 2.44. The third-order valence-corrected chi connectivity index (χ3v) is 4.91. The lowest BCUT2D eigenvalue weighted by Gasteiger charge is -2.13. The Kier molecular flexibility index (Phi) is 5.46. The molecule has 7 nitrogen and oxygen atoms in total. The fraction of sp³-hybridized carbons (Fsp3) is 0.158. The van der Waals surface area contributed by atoms with Crippen molar-refractivity contribution in [1.82, 2.24) is 21.0 Å². The van der Waals surface area contributed by atoms with Crippen LogP contribution in [-0.2, 0) is 0 Å². The Bertz CT molecular complexity index is 977. The van der Waals surface area contributed by atoms with Gasteiger partial charge in [-0.1, -0.05) is 6.58 Å². The first kappa shape index (κ1) is 18.5. The van der Waals surface area contributed by atoms with E-state index in [0.717, 1.165) is 16.1 Å². The third kappa shape index (κ3) is 4.12. The number of nitrogens with one attached hydrogen (secondary N) is 3. The van der Waals surface area contributed by atoms with Crippen molar-refractivity contribution in [3.63, 3.8) is 0 Å². The first-order valence-corrected chi connectivity index (χ1v) is 8.93. The number of hydrogen-bond donors (Lipinski definition) is 3. The molecule has 0 saturated carbocycles. The summed E-state index contributed by atoms with van der Waals surface area (Å²) in [7, 11) is 3.13. The Morgan fingerprint density at radius 2 is 1.89 bits per heavy atom. The van der Waals surface area contributed by atoms with Gasteiger partial charge in [0.05, 0.1) is 30.5 Å². The molecule has 0 saturated heterocycles. The average Bonchev–Trinajstić information content (AvgIpc) is 3.34. The van der Waals surface area contributed by atoms with Gasteiger partial charge in [-0.15, -0.1) is 11.3 Å². The molecule has 140 valence electrons. The monoisotopic (exact) mass is 384 g/mol. The van der Waals surface area contributed by atoms with E-state index in [-0.39, 0.29) is 11.6 Å². The second-order valence-electron chi connectivity index (χ2n) is 5.70. The fourth-order valence-corrected chi connectivity index (χ4v) is 3.27. The summed E-state index contributed by atoms with van der Waals surface area (Å²) in [5, 5.41) is 6.95. The number of hydrogen-bond acceptors (Lipinski definition) is 6. The van der Waals surface area contributed by atoms with Crippen molar-refractivity contribution in [1.29, 1.82) is 0 Å². The first-order valence-electron chi connectivity index (χ1n) is 8.11.